The van der Waals surface area contributed by atoms with Crippen molar-refractivity contribution in [1.82, 2.24) is 20.0 Å². The van der Waals surface area contributed by atoms with Crippen molar-refractivity contribution in [2.24, 2.45) is 0 Å². The van der Waals surface area contributed by atoms with E-state index in [4.69, 9.17) is 15.0 Å². The molecule has 0 bridgehead atoms. The summed E-state index contributed by atoms with van der Waals surface area (Å²) in [6, 6.07) is 5.64. The first-order valence-corrected chi connectivity index (χ1v) is 15.4. The second-order valence-electron chi connectivity index (χ2n) is 11.8. The van der Waals surface area contributed by atoms with Crippen LogP contribution < -0.4 is 15.4 Å². The molecule has 2 N–H and O–H groups in total. The van der Waals surface area contributed by atoms with Crippen molar-refractivity contribution >= 4 is 43.1 Å². The zero-order valence-electron chi connectivity index (χ0n) is 24.7. The number of fused-ring (bicyclic) bond motifs is 3. The maximum Gasteiger partial charge on any atom is 0.417 e. The predicted octanol–water partition coefficient (Wildman–Crippen LogP) is 6.84. The van der Waals surface area contributed by atoms with Gasteiger partial charge in [0.2, 0.25) is 0 Å². The number of hydrogen-bond donors (Lipinski definition) is 1. The molecule has 5 aromatic rings. The lowest BCUT2D eigenvalue weighted by atomic mass is 9.92. The first kappa shape index (κ1) is 31.0. The van der Waals surface area contributed by atoms with Gasteiger partial charge in [-0.3, -0.25) is 4.90 Å². The highest BCUT2D eigenvalue weighted by Crippen LogP contribution is 2.48. The number of nitrogens with zero attached hydrogens (tertiary/aromatic N) is 6. The Balaban J connectivity index is 1.45. The summed E-state index contributed by atoms with van der Waals surface area (Å²) in [4.78, 5) is 12.1. The van der Waals surface area contributed by atoms with Crippen LogP contribution in [0.5, 0.6) is 6.01 Å². The molecule has 0 spiro atoms. The number of benzene rings is 2. The molecule has 2 aliphatic heterocycles. The first-order chi connectivity index (χ1) is 22.4. The van der Waals surface area contributed by atoms with E-state index < -0.39 is 46.2 Å². The van der Waals surface area contributed by atoms with Crippen molar-refractivity contribution in [3.8, 4) is 23.2 Å². The summed E-state index contributed by atoms with van der Waals surface area (Å²) < 4.78 is 102. The Labute approximate surface area is 267 Å². The molecule has 2 aromatic carbocycles. The van der Waals surface area contributed by atoms with Crippen molar-refractivity contribution in [2.75, 3.05) is 37.4 Å². The van der Waals surface area contributed by atoms with Crippen LogP contribution in [0.3, 0.4) is 0 Å². The van der Waals surface area contributed by atoms with E-state index in [9.17, 15) is 27.2 Å². The summed E-state index contributed by atoms with van der Waals surface area (Å²) in [6.45, 7) is 0.929. The number of hydrogen-bond acceptors (Lipinski definition) is 10. The van der Waals surface area contributed by atoms with E-state index in [1.54, 1.807) is 12.1 Å². The second-order valence-corrected chi connectivity index (χ2v) is 12.8. The van der Waals surface area contributed by atoms with Crippen molar-refractivity contribution in [2.45, 2.75) is 43.7 Å². The van der Waals surface area contributed by atoms with Crippen molar-refractivity contribution in [3.05, 3.63) is 59.0 Å². The van der Waals surface area contributed by atoms with Gasteiger partial charge in [-0.25, -0.2) is 13.2 Å². The Morgan fingerprint density at radius 1 is 1.26 bits per heavy atom. The van der Waals surface area contributed by atoms with Crippen LogP contribution in [0.4, 0.5) is 37.2 Å². The third-order valence-electron chi connectivity index (χ3n) is 8.87. The molecular weight excluding hydrogens is 648 g/mol. The maximum atomic E-state index is 16.9. The number of ether oxygens (including phenoxy) is 1. The summed E-state index contributed by atoms with van der Waals surface area (Å²) in [7, 11) is 1.52. The van der Waals surface area contributed by atoms with E-state index in [-0.39, 0.29) is 69.5 Å². The van der Waals surface area contributed by atoms with E-state index in [2.05, 4.69) is 15.1 Å². The lowest BCUT2D eigenvalue weighted by molar-refractivity contribution is -0.137. The largest absolute Gasteiger partial charge is 0.461 e. The van der Waals surface area contributed by atoms with Crippen LogP contribution in [0.25, 0.3) is 32.1 Å². The smallest absolute Gasteiger partial charge is 0.417 e. The van der Waals surface area contributed by atoms with Crippen LogP contribution in [0, 0.1) is 23.0 Å². The van der Waals surface area contributed by atoms with E-state index >= 15 is 4.39 Å². The van der Waals surface area contributed by atoms with Gasteiger partial charge in [0.15, 0.2) is 11.6 Å². The Morgan fingerprint density at radius 3 is 2.79 bits per heavy atom. The highest BCUT2D eigenvalue weighted by atomic mass is 32.1. The number of nitrogens with two attached hydrogens (primary N) is 1. The summed E-state index contributed by atoms with van der Waals surface area (Å²) in [6.07, 6.45) is -3.02. The molecule has 2 aliphatic rings. The molecule has 5 heterocycles. The van der Waals surface area contributed by atoms with Crippen LogP contribution in [-0.4, -0.2) is 58.5 Å². The topological polar surface area (TPSA) is 117 Å². The molecular formula is C31H25F6N7O2S. The third-order valence-corrected chi connectivity index (χ3v) is 9.90. The van der Waals surface area contributed by atoms with E-state index in [0.29, 0.717) is 30.1 Å². The lowest BCUT2D eigenvalue weighted by Crippen LogP contribution is -2.43. The molecule has 0 radical (unpaired) electrons. The third kappa shape index (κ3) is 5.17. The molecule has 0 unspecified atom stereocenters. The fraction of sp³-hybridized carbons (Fsp3) is 0.355. The van der Waals surface area contributed by atoms with Gasteiger partial charge in [0, 0.05) is 42.4 Å². The van der Waals surface area contributed by atoms with E-state index in [1.807, 2.05) is 4.90 Å². The molecule has 7 rings (SSSR count). The minimum Gasteiger partial charge on any atom is -0.461 e. The summed E-state index contributed by atoms with van der Waals surface area (Å²) in [5, 5.41) is 12.8. The minimum atomic E-state index is -5.11. The summed E-state index contributed by atoms with van der Waals surface area (Å²) >= 11 is 0.677. The molecule has 3 aromatic heterocycles. The lowest BCUT2D eigenvalue weighted by Gasteiger charge is -2.31. The Kier molecular flexibility index (Phi) is 7.43. The molecule has 244 valence electrons. The highest BCUT2D eigenvalue weighted by Gasteiger charge is 2.49. The SMILES string of the molecule is CN(Cc1ccno1)c1nc(OC[C@@]23CCCN2C[C@H](F)C3)nc2c(F)c(-c3ccc(F)c4sc(N)c(C#N)c34)c(C(F)(F)F)cc12. The van der Waals surface area contributed by atoms with Gasteiger partial charge in [-0.15, -0.1) is 11.3 Å². The molecule has 2 fully saturated rings. The number of aromatic nitrogens is 3. The maximum absolute atomic E-state index is 16.9. The molecule has 0 amide bonds. The number of alkyl halides is 4. The summed E-state index contributed by atoms with van der Waals surface area (Å²) in [5.41, 5.74) is 1.83. The number of nitrogen functional groups attached to an aromatic ring is 1. The quantitative estimate of drug-likeness (QED) is 0.185. The van der Waals surface area contributed by atoms with Gasteiger partial charge in [-0.2, -0.15) is 28.4 Å². The van der Waals surface area contributed by atoms with Gasteiger partial charge < -0.3 is 19.9 Å². The van der Waals surface area contributed by atoms with Gasteiger partial charge in [-0.05, 0) is 37.1 Å². The van der Waals surface area contributed by atoms with Gasteiger partial charge in [-0.1, -0.05) is 11.2 Å². The summed E-state index contributed by atoms with van der Waals surface area (Å²) in [5.74, 6) is -1.96. The molecule has 47 heavy (non-hydrogen) atoms. The van der Waals surface area contributed by atoms with Crippen LogP contribution in [-0.2, 0) is 12.7 Å². The molecule has 0 saturated carbocycles. The molecule has 2 saturated heterocycles. The number of anilines is 2. The predicted molar refractivity (Wildman–Crippen MR) is 162 cm³/mol. The number of rotatable bonds is 7. The van der Waals surface area contributed by atoms with Gasteiger partial charge in [0.1, 0.15) is 41.0 Å². The molecule has 0 aliphatic carbocycles. The average molecular weight is 674 g/mol. The van der Waals surface area contributed by atoms with Crippen LogP contribution in [0.15, 0.2) is 35.0 Å². The van der Waals surface area contributed by atoms with Crippen molar-refractivity contribution in [1.29, 1.82) is 5.26 Å². The average Bonchev–Trinajstić information content (AvgIpc) is 3.80. The molecule has 2 atom stereocenters. The Bertz CT molecular complexity index is 2060. The molecule has 9 nitrogen and oxygen atoms in total. The molecule has 16 heteroatoms. The van der Waals surface area contributed by atoms with Gasteiger partial charge >= 0.3 is 12.2 Å². The number of thiophene rings is 1. The standard InChI is InChI=1S/C31H25F6N7O2S/c1-43(13-16-5-7-40-46-16)28-18-9-20(31(35,36)37)23(17-3-4-21(33)26-22(17)19(11-38)27(39)47-26)24(34)25(18)41-29(42-28)45-14-30-6-2-8-44(30)12-15(32)10-30/h3-5,7,9,15H,2,6,8,10,12-14,39H2,1H3/t15-,30+/m1/s1. The van der Waals surface area contributed by atoms with Gasteiger partial charge in [0.05, 0.1) is 34.1 Å². The van der Waals surface area contributed by atoms with Gasteiger partial charge in [0.25, 0.3) is 0 Å². The van der Waals surface area contributed by atoms with Crippen LogP contribution in [0.2, 0.25) is 0 Å². The monoisotopic (exact) mass is 673 g/mol. The highest BCUT2D eigenvalue weighted by molar-refractivity contribution is 7.23. The fourth-order valence-corrected chi connectivity index (χ4v) is 7.77. The van der Waals surface area contributed by atoms with Crippen LogP contribution >= 0.6 is 11.3 Å². The minimum absolute atomic E-state index is 0.00415. The Morgan fingerprint density at radius 2 is 2.06 bits per heavy atom. The zero-order valence-corrected chi connectivity index (χ0v) is 25.5. The van der Waals surface area contributed by atoms with Crippen molar-refractivity contribution in [3.63, 3.8) is 0 Å². The number of nitriles is 1. The fourth-order valence-electron chi connectivity index (χ4n) is 6.82. The van der Waals surface area contributed by atoms with Crippen molar-refractivity contribution < 1.29 is 35.6 Å². The van der Waals surface area contributed by atoms with Crippen LogP contribution in [0.1, 0.15) is 36.1 Å². The first-order valence-electron chi connectivity index (χ1n) is 14.5. The Hall–Kier alpha value is -4.62. The zero-order chi connectivity index (χ0) is 33.2. The van der Waals surface area contributed by atoms with E-state index in [1.165, 1.54) is 18.1 Å². The second kappa shape index (κ2) is 11.3. The normalized spacial score (nSPS) is 19.8. The van der Waals surface area contributed by atoms with E-state index in [0.717, 1.165) is 24.6 Å². The number of halogens is 6.